The summed E-state index contributed by atoms with van der Waals surface area (Å²) >= 11 is 0. The fraction of sp³-hybridized carbons (Fsp3) is 0.714. The minimum Gasteiger partial charge on any atom is -0.466 e. The van der Waals surface area contributed by atoms with Crippen LogP contribution in [-0.4, -0.2) is 25.2 Å². The molecule has 0 bridgehead atoms. The Morgan fingerprint density at radius 3 is 2.22 bits per heavy atom. The van der Waals surface area contributed by atoms with E-state index in [1.54, 1.807) is 20.8 Å². The Bertz CT molecular complexity index is 368. The van der Waals surface area contributed by atoms with Crippen LogP contribution in [-0.2, 0) is 19.1 Å². The Kier molecular flexibility index (Phi) is 4.54. The van der Waals surface area contributed by atoms with E-state index in [0.717, 1.165) is 0 Å². The zero-order valence-corrected chi connectivity index (χ0v) is 11.8. The van der Waals surface area contributed by atoms with Crippen LogP contribution in [0.2, 0.25) is 0 Å². The molecule has 0 heterocycles. The number of allylic oxidation sites excluding steroid dienone is 1. The van der Waals surface area contributed by atoms with Gasteiger partial charge in [0.05, 0.1) is 19.1 Å². The molecule has 18 heavy (non-hydrogen) atoms. The number of hydrogen-bond donors (Lipinski definition) is 0. The summed E-state index contributed by atoms with van der Waals surface area (Å²) in [7, 11) is 0. The minimum absolute atomic E-state index is 0.0564. The molecule has 1 fully saturated rings. The molecule has 0 saturated heterocycles. The van der Waals surface area contributed by atoms with E-state index in [9.17, 15) is 9.59 Å². The number of rotatable bonds is 5. The molecular weight excluding hydrogens is 232 g/mol. The molecule has 2 atom stereocenters. The molecule has 0 spiro atoms. The van der Waals surface area contributed by atoms with Gasteiger partial charge in [0, 0.05) is 5.57 Å². The summed E-state index contributed by atoms with van der Waals surface area (Å²) < 4.78 is 9.96. The fourth-order valence-electron chi connectivity index (χ4n) is 2.25. The van der Waals surface area contributed by atoms with Gasteiger partial charge in [-0.15, -0.1) is 0 Å². The molecule has 4 heteroatoms. The molecule has 0 aromatic rings. The van der Waals surface area contributed by atoms with Crippen LogP contribution >= 0.6 is 0 Å². The predicted molar refractivity (Wildman–Crippen MR) is 67.8 cm³/mol. The van der Waals surface area contributed by atoms with E-state index >= 15 is 0 Å². The number of esters is 2. The third-order valence-electron chi connectivity index (χ3n) is 3.48. The van der Waals surface area contributed by atoms with E-state index in [4.69, 9.17) is 9.47 Å². The number of hydrogen-bond acceptors (Lipinski definition) is 4. The highest BCUT2D eigenvalue weighted by Crippen LogP contribution is 2.59. The lowest BCUT2D eigenvalue weighted by Gasteiger charge is -2.02. The molecule has 102 valence electrons. The molecule has 0 radical (unpaired) electrons. The lowest BCUT2D eigenvalue weighted by atomic mass is 10.1. The second-order valence-electron chi connectivity index (χ2n) is 5.15. The largest absolute Gasteiger partial charge is 0.466 e. The molecule has 0 aromatic carbocycles. The smallest absolute Gasteiger partial charge is 0.333 e. The summed E-state index contributed by atoms with van der Waals surface area (Å²) in [6.07, 6.45) is 1.83. The lowest BCUT2D eigenvalue weighted by Crippen LogP contribution is -2.10. The molecule has 0 unspecified atom stereocenters. The zero-order chi connectivity index (χ0) is 13.9. The van der Waals surface area contributed by atoms with E-state index < -0.39 is 0 Å². The monoisotopic (exact) mass is 254 g/mol. The highest BCUT2D eigenvalue weighted by atomic mass is 16.5. The van der Waals surface area contributed by atoms with Gasteiger partial charge in [-0.05, 0) is 32.1 Å². The summed E-state index contributed by atoms with van der Waals surface area (Å²) in [6.45, 7) is 10.0. The molecule has 1 aliphatic rings. The normalized spacial score (nSPS) is 25.5. The minimum atomic E-state index is -0.317. The SMILES string of the molecule is CCOC(=O)/C(C)=C/[C@@H]1[C@H](C(=O)OCC)C1(C)C. The van der Waals surface area contributed by atoms with E-state index in [1.165, 1.54) is 0 Å². The Labute approximate surface area is 108 Å². The molecular formula is C14H22O4. The van der Waals surface area contributed by atoms with Crippen LogP contribution < -0.4 is 0 Å². The van der Waals surface area contributed by atoms with Gasteiger partial charge in [0.2, 0.25) is 0 Å². The molecule has 0 aromatic heterocycles. The first-order valence-corrected chi connectivity index (χ1v) is 6.38. The maximum atomic E-state index is 11.7. The van der Waals surface area contributed by atoms with E-state index in [-0.39, 0.29) is 29.2 Å². The summed E-state index contributed by atoms with van der Waals surface area (Å²) in [5.41, 5.74) is 0.418. The topological polar surface area (TPSA) is 52.6 Å². The van der Waals surface area contributed by atoms with Crippen molar-refractivity contribution in [2.45, 2.75) is 34.6 Å². The van der Waals surface area contributed by atoms with Crippen LogP contribution in [0.25, 0.3) is 0 Å². The molecule has 0 amide bonds. The Balaban J connectivity index is 2.71. The second-order valence-corrected chi connectivity index (χ2v) is 5.15. The lowest BCUT2D eigenvalue weighted by molar-refractivity contribution is -0.145. The van der Waals surface area contributed by atoms with Crippen molar-refractivity contribution in [1.82, 2.24) is 0 Å². The average Bonchev–Trinajstić information content (AvgIpc) is 2.81. The Hall–Kier alpha value is -1.32. The van der Waals surface area contributed by atoms with E-state index in [2.05, 4.69) is 0 Å². The first kappa shape index (κ1) is 14.7. The van der Waals surface area contributed by atoms with Gasteiger partial charge < -0.3 is 9.47 Å². The molecule has 1 saturated carbocycles. The van der Waals surface area contributed by atoms with Gasteiger partial charge in [-0.25, -0.2) is 4.79 Å². The van der Waals surface area contributed by atoms with Crippen LogP contribution in [0.5, 0.6) is 0 Å². The molecule has 0 N–H and O–H groups in total. The van der Waals surface area contributed by atoms with Crippen molar-refractivity contribution in [3.05, 3.63) is 11.6 Å². The molecule has 1 aliphatic carbocycles. The average molecular weight is 254 g/mol. The zero-order valence-electron chi connectivity index (χ0n) is 11.8. The van der Waals surface area contributed by atoms with Crippen molar-refractivity contribution >= 4 is 11.9 Å². The molecule has 4 nitrogen and oxygen atoms in total. The van der Waals surface area contributed by atoms with Gasteiger partial charge in [0.25, 0.3) is 0 Å². The summed E-state index contributed by atoms with van der Waals surface area (Å²) in [6, 6.07) is 0. The van der Waals surface area contributed by atoms with E-state index in [0.29, 0.717) is 18.8 Å². The van der Waals surface area contributed by atoms with Crippen molar-refractivity contribution in [3.8, 4) is 0 Å². The van der Waals surface area contributed by atoms with Gasteiger partial charge in [-0.3, -0.25) is 4.79 Å². The fourth-order valence-corrected chi connectivity index (χ4v) is 2.25. The van der Waals surface area contributed by atoms with Gasteiger partial charge >= 0.3 is 11.9 Å². The standard InChI is InChI=1S/C14H22O4/c1-6-17-12(15)9(3)8-10-11(14(10,4)5)13(16)18-7-2/h8,10-11H,6-7H2,1-5H3/b9-8+/t10-,11-/m1/s1. The maximum absolute atomic E-state index is 11.7. The van der Waals surface area contributed by atoms with Gasteiger partial charge in [0.15, 0.2) is 0 Å². The van der Waals surface area contributed by atoms with Crippen molar-refractivity contribution in [3.63, 3.8) is 0 Å². The first-order chi connectivity index (χ1) is 8.36. The molecule has 1 rings (SSSR count). The van der Waals surface area contributed by atoms with Crippen molar-refractivity contribution in [1.29, 1.82) is 0 Å². The van der Waals surface area contributed by atoms with Gasteiger partial charge in [-0.2, -0.15) is 0 Å². The van der Waals surface area contributed by atoms with Crippen LogP contribution in [0, 0.1) is 17.3 Å². The summed E-state index contributed by atoms with van der Waals surface area (Å²) in [4.78, 5) is 23.3. The highest BCUT2D eigenvalue weighted by molar-refractivity contribution is 5.88. The van der Waals surface area contributed by atoms with Gasteiger partial charge in [-0.1, -0.05) is 19.9 Å². The van der Waals surface area contributed by atoms with Crippen LogP contribution in [0.1, 0.15) is 34.6 Å². The van der Waals surface area contributed by atoms with Crippen molar-refractivity contribution in [2.24, 2.45) is 17.3 Å². The summed E-state index contributed by atoms with van der Waals surface area (Å²) in [5, 5.41) is 0. The first-order valence-electron chi connectivity index (χ1n) is 6.38. The van der Waals surface area contributed by atoms with Crippen LogP contribution in [0.4, 0.5) is 0 Å². The number of carbonyl (C=O) groups excluding carboxylic acids is 2. The van der Waals surface area contributed by atoms with Crippen molar-refractivity contribution in [2.75, 3.05) is 13.2 Å². The van der Waals surface area contributed by atoms with Crippen molar-refractivity contribution < 1.29 is 19.1 Å². The van der Waals surface area contributed by atoms with E-state index in [1.807, 2.05) is 19.9 Å². The van der Waals surface area contributed by atoms with Gasteiger partial charge in [0.1, 0.15) is 0 Å². The quantitative estimate of drug-likeness (QED) is 0.558. The Morgan fingerprint density at radius 2 is 1.72 bits per heavy atom. The summed E-state index contributed by atoms with van der Waals surface area (Å²) in [5.74, 6) is -0.592. The van der Waals surface area contributed by atoms with Crippen LogP contribution in [0.15, 0.2) is 11.6 Å². The third kappa shape index (κ3) is 2.92. The highest BCUT2D eigenvalue weighted by Gasteiger charge is 2.61. The second kappa shape index (κ2) is 5.55. The predicted octanol–water partition coefficient (Wildman–Crippen LogP) is 2.33. The Morgan fingerprint density at radius 1 is 1.17 bits per heavy atom. The number of carbonyl (C=O) groups is 2. The maximum Gasteiger partial charge on any atom is 0.333 e. The van der Waals surface area contributed by atoms with Crippen LogP contribution in [0.3, 0.4) is 0 Å². The number of ether oxygens (including phenoxy) is 2. The molecule has 0 aliphatic heterocycles. The third-order valence-corrected chi connectivity index (χ3v) is 3.48.